The number of nitrogens with zero attached hydrogens (tertiary/aromatic N) is 3. The van der Waals surface area contributed by atoms with Crippen LogP contribution in [0.25, 0.3) is 0 Å². The Bertz CT molecular complexity index is 849. The summed E-state index contributed by atoms with van der Waals surface area (Å²) in [6.45, 7) is 2.54. The monoisotopic (exact) mass is 341 g/mol. The predicted octanol–water partition coefficient (Wildman–Crippen LogP) is 3.15. The molecule has 24 heavy (non-hydrogen) atoms. The largest absolute Gasteiger partial charge is 0.374 e. The van der Waals surface area contributed by atoms with Gasteiger partial charge in [-0.1, -0.05) is 29.8 Å². The van der Waals surface area contributed by atoms with Crippen molar-refractivity contribution in [1.29, 1.82) is 5.26 Å². The summed E-state index contributed by atoms with van der Waals surface area (Å²) in [5.41, 5.74) is 2.65. The maximum Gasteiger partial charge on any atom is 0.282 e. The molecule has 0 heterocycles. The van der Waals surface area contributed by atoms with Gasteiger partial charge in [0.05, 0.1) is 17.4 Å². The molecular weight excluding hydrogens is 322 g/mol. The SMILES string of the molecule is Cc1ccc(S(=O)(=O)N=Cc2ccc(N(C)CCC#N)cc2)cc1. The Hall–Kier alpha value is -2.65. The third-order valence-electron chi connectivity index (χ3n) is 3.55. The van der Waals surface area contributed by atoms with Crippen molar-refractivity contribution in [3.63, 3.8) is 0 Å². The fourth-order valence-corrected chi connectivity index (χ4v) is 2.93. The van der Waals surface area contributed by atoms with Crippen LogP contribution in [0.2, 0.25) is 0 Å². The van der Waals surface area contributed by atoms with Crippen LogP contribution in [0.1, 0.15) is 17.5 Å². The molecule has 2 aromatic rings. The van der Waals surface area contributed by atoms with Gasteiger partial charge in [-0.3, -0.25) is 0 Å². The molecule has 0 amide bonds. The average Bonchev–Trinajstić information content (AvgIpc) is 2.59. The smallest absolute Gasteiger partial charge is 0.282 e. The number of aryl methyl sites for hydroxylation is 1. The number of hydrogen-bond donors (Lipinski definition) is 0. The Balaban J connectivity index is 2.11. The Kier molecular flexibility index (Phi) is 5.72. The lowest BCUT2D eigenvalue weighted by molar-refractivity contribution is 0.598. The molecule has 0 aliphatic rings. The third-order valence-corrected chi connectivity index (χ3v) is 4.80. The summed E-state index contributed by atoms with van der Waals surface area (Å²) in [7, 11) is -1.79. The van der Waals surface area contributed by atoms with Gasteiger partial charge in [-0.05, 0) is 36.8 Å². The molecule has 0 bridgehead atoms. The van der Waals surface area contributed by atoms with Crippen LogP contribution in [0.4, 0.5) is 5.69 Å². The summed E-state index contributed by atoms with van der Waals surface area (Å²) in [6.07, 6.45) is 1.79. The number of nitriles is 1. The van der Waals surface area contributed by atoms with E-state index in [1.165, 1.54) is 6.21 Å². The molecule has 2 rings (SSSR count). The zero-order valence-corrected chi connectivity index (χ0v) is 14.5. The van der Waals surface area contributed by atoms with Gasteiger partial charge in [-0.2, -0.15) is 18.1 Å². The van der Waals surface area contributed by atoms with Gasteiger partial charge in [-0.15, -0.1) is 0 Å². The van der Waals surface area contributed by atoms with E-state index in [4.69, 9.17) is 5.26 Å². The molecule has 0 N–H and O–H groups in total. The van der Waals surface area contributed by atoms with Gasteiger partial charge in [-0.25, -0.2) is 0 Å². The first-order valence-corrected chi connectivity index (χ1v) is 8.91. The molecule has 124 valence electrons. The zero-order chi connectivity index (χ0) is 17.6. The second-order valence-corrected chi connectivity index (χ2v) is 7.08. The Morgan fingerprint density at radius 1 is 1.12 bits per heavy atom. The van der Waals surface area contributed by atoms with Crippen LogP contribution in [0.15, 0.2) is 57.8 Å². The number of anilines is 1. The van der Waals surface area contributed by atoms with Crippen molar-refractivity contribution >= 4 is 21.9 Å². The van der Waals surface area contributed by atoms with Crippen LogP contribution in [0.5, 0.6) is 0 Å². The van der Waals surface area contributed by atoms with Crippen molar-refractivity contribution in [3.8, 4) is 6.07 Å². The standard InChI is InChI=1S/C18H19N3O2S/c1-15-4-10-18(11-5-15)24(22,23)20-14-16-6-8-17(9-7-16)21(2)13-3-12-19/h4-11,14H,3,13H2,1-2H3. The Labute approximate surface area is 142 Å². The molecule has 0 unspecified atom stereocenters. The first kappa shape index (κ1) is 17.7. The lowest BCUT2D eigenvalue weighted by Crippen LogP contribution is -2.17. The molecule has 0 aromatic heterocycles. The molecule has 5 nitrogen and oxygen atoms in total. The van der Waals surface area contributed by atoms with E-state index >= 15 is 0 Å². The number of sulfonamides is 1. The lowest BCUT2D eigenvalue weighted by atomic mass is 10.2. The minimum atomic E-state index is -3.69. The second kappa shape index (κ2) is 7.75. The molecule has 0 saturated carbocycles. The molecule has 6 heteroatoms. The van der Waals surface area contributed by atoms with Crippen molar-refractivity contribution in [2.75, 3.05) is 18.5 Å². The Morgan fingerprint density at radius 2 is 1.75 bits per heavy atom. The Morgan fingerprint density at radius 3 is 2.33 bits per heavy atom. The first-order chi connectivity index (χ1) is 11.4. The number of hydrogen-bond acceptors (Lipinski definition) is 4. The molecule has 2 aromatic carbocycles. The number of rotatable bonds is 6. The molecule has 0 radical (unpaired) electrons. The summed E-state index contributed by atoms with van der Waals surface area (Å²) in [5, 5.41) is 8.61. The van der Waals surface area contributed by atoms with Gasteiger partial charge in [0.1, 0.15) is 0 Å². The predicted molar refractivity (Wildman–Crippen MR) is 95.9 cm³/mol. The second-order valence-electron chi connectivity index (χ2n) is 5.44. The van der Waals surface area contributed by atoms with Crippen molar-refractivity contribution in [3.05, 3.63) is 59.7 Å². The fourth-order valence-electron chi connectivity index (χ4n) is 2.06. The van der Waals surface area contributed by atoms with Crippen LogP contribution >= 0.6 is 0 Å². The van der Waals surface area contributed by atoms with Gasteiger partial charge in [0.2, 0.25) is 0 Å². The van der Waals surface area contributed by atoms with E-state index in [-0.39, 0.29) is 4.90 Å². The minimum absolute atomic E-state index is 0.178. The maximum atomic E-state index is 12.2. The van der Waals surface area contributed by atoms with Crippen molar-refractivity contribution in [2.24, 2.45) is 4.40 Å². The highest BCUT2D eigenvalue weighted by Crippen LogP contribution is 2.15. The first-order valence-electron chi connectivity index (χ1n) is 7.47. The highest BCUT2D eigenvalue weighted by molar-refractivity contribution is 7.90. The third kappa shape index (κ3) is 4.67. The van der Waals surface area contributed by atoms with Gasteiger partial charge >= 0.3 is 0 Å². The average molecular weight is 341 g/mol. The lowest BCUT2D eigenvalue weighted by Gasteiger charge is -2.17. The van der Waals surface area contributed by atoms with Crippen molar-refractivity contribution in [2.45, 2.75) is 18.2 Å². The summed E-state index contributed by atoms with van der Waals surface area (Å²) >= 11 is 0. The molecule has 0 fully saturated rings. The summed E-state index contributed by atoms with van der Waals surface area (Å²) in [6, 6.07) is 16.0. The molecule has 0 aliphatic carbocycles. The van der Waals surface area contributed by atoms with E-state index < -0.39 is 10.0 Å². The van der Waals surface area contributed by atoms with Crippen LogP contribution in [-0.2, 0) is 10.0 Å². The van der Waals surface area contributed by atoms with Crippen LogP contribution in [0.3, 0.4) is 0 Å². The highest BCUT2D eigenvalue weighted by Gasteiger charge is 2.10. The van der Waals surface area contributed by atoms with E-state index in [9.17, 15) is 8.42 Å². The molecule has 0 atom stereocenters. The van der Waals surface area contributed by atoms with Crippen LogP contribution in [0, 0.1) is 18.3 Å². The van der Waals surface area contributed by atoms with E-state index in [1.54, 1.807) is 36.4 Å². The highest BCUT2D eigenvalue weighted by atomic mass is 32.2. The fraction of sp³-hybridized carbons (Fsp3) is 0.222. The molecular formula is C18H19N3O2S. The van der Waals surface area contributed by atoms with E-state index in [0.29, 0.717) is 18.5 Å². The van der Waals surface area contributed by atoms with Crippen molar-refractivity contribution < 1.29 is 8.42 Å². The zero-order valence-electron chi connectivity index (χ0n) is 13.7. The van der Waals surface area contributed by atoms with Gasteiger partial charge < -0.3 is 4.90 Å². The van der Waals surface area contributed by atoms with Crippen LogP contribution < -0.4 is 4.90 Å². The van der Waals surface area contributed by atoms with Gasteiger partial charge in [0.15, 0.2) is 0 Å². The molecule has 0 saturated heterocycles. The number of benzene rings is 2. The van der Waals surface area contributed by atoms with Gasteiger partial charge in [0, 0.05) is 25.5 Å². The molecule has 0 aliphatic heterocycles. The minimum Gasteiger partial charge on any atom is -0.374 e. The van der Waals surface area contributed by atoms with Crippen LogP contribution in [-0.4, -0.2) is 28.2 Å². The van der Waals surface area contributed by atoms with Gasteiger partial charge in [0.25, 0.3) is 10.0 Å². The van der Waals surface area contributed by atoms with E-state index in [0.717, 1.165) is 11.3 Å². The summed E-state index contributed by atoms with van der Waals surface area (Å²) in [5.74, 6) is 0. The summed E-state index contributed by atoms with van der Waals surface area (Å²) in [4.78, 5) is 2.14. The van der Waals surface area contributed by atoms with Crippen molar-refractivity contribution in [1.82, 2.24) is 0 Å². The normalized spacial score (nSPS) is 11.4. The van der Waals surface area contributed by atoms with E-state index in [1.807, 2.05) is 31.0 Å². The summed E-state index contributed by atoms with van der Waals surface area (Å²) < 4.78 is 28.1. The maximum absolute atomic E-state index is 12.2. The van der Waals surface area contributed by atoms with E-state index in [2.05, 4.69) is 10.5 Å². The quantitative estimate of drug-likeness (QED) is 0.757. The molecule has 0 spiro atoms. The topological polar surface area (TPSA) is 73.5 Å².